The van der Waals surface area contributed by atoms with Gasteiger partial charge in [0.2, 0.25) is 11.8 Å². The van der Waals surface area contributed by atoms with E-state index in [1.165, 1.54) is 11.0 Å². The standard InChI is InChI=1S/C27H32N4O6S/c1-15(2)24(22-12-23(30-37-22)36-10-9-32)27(35)31-13-20(33)11-21(31)26(34)29-16(3)18-5-7-19(8-6-18)25-17(4)28-14-38-25/h5-9,12,14-16,20-21,24,33H,10-11,13H2,1-4H3,(H,29,34)/t16?,20-,21+,24?/m1/s1. The van der Waals surface area contributed by atoms with Crippen LogP contribution in [0.1, 0.15) is 56.2 Å². The predicted molar refractivity (Wildman–Crippen MR) is 141 cm³/mol. The summed E-state index contributed by atoms with van der Waals surface area (Å²) in [5.41, 5.74) is 4.78. The number of carbonyl (C=O) groups is 3. The number of aliphatic hydroxyl groups excluding tert-OH is 1. The van der Waals surface area contributed by atoms with E-state index >= 15 is 0 Å². The average molecular weight is 541 g/mol. The van der Waals surface area contributed by atoms with Crippen LogP contribution in [-0.2, 0) is 14.4 Å². The molecule has 2 unspecified atom stereocenters. The van der Waals surface area contributed by atoms with E-state index in [0.29, 0.717) is 6.29 Å². The number of likely N-dealkylation sites (tertiary alicyclic amines) is 1. The number of ether oxygens (including phenoxy) is 1. The maximum Gasteiger partial charge on any atom is 0.254 e. The second-order valence-electron chi connectivity index (χ2n) is 9.78. The summed E-state index contributed by atoms with van der Waals surface area (Å²) in [6, 6.07) is 8.29. The molecule has 0 spiro atoms. The van der Waals surface area contributed by atoms with E-state index in [1.807, 2.05) is 57.5 Å². The number of amides is 2. The van der Waals surface area contributed by atoms with Crippen LogP contribution < -0.4 is 10.1 Å². The number of aliphatic hydroxyl groups is 1. The number of nitrogens with one attached hydrogen (secondary N) is 1. The van der Waals surface area contributed by atoms with E-state index in [-0.39, 0.29) is 55.0 Å². The summed E-state index contributed by atoms with van der Waals surface area (Å²) in [6.45, 7) is 7.43. The maximum absolute atomic E-state index is 13.7. The second-order valence-corrected chi connectivity index (χ2v) is 10.6. The molecular weight excluding hydrogens is 508 g/mol. The van der Waals surface area contributed by atoms with Gasteiger partial charge in [-0.05, 0) is 36.0 Å². The summed E-state index contributed by atoms with van der Waals surface area (Å²) >= 11 is 1.58. The van der Waals surface area contributed by atoms with Crippen molar-refractivity contribution < 1.29 is 28.8 Å². The summed E-state index contributed by atoms with van der Waals surface area (Å²) in [7, 11) is 0. The second kappa shape index (κ2) is 11.9. The summed E-state index contributed by atoms with van der Waals surface area (Å²) < 4.78 is 10.5. The van der Waals surface area contributed by atoms with Crippen LogP contribution in [0.2, 0.25) is 0 Å². The highest BCUT2D eigenvalue weighted by Gasteiger charge is 2.43. The third-order valence-corrected chi connectivity index (χ3v) is 7.66. The molecule has 1 fully saturated rings. The number of hydrogen-bond acceptors (Lipinski definition) is 9. The summed E-state index contributed by atoms with van der Waals surface area (Å²) in [5, 5.41) is 17.2. The maximum atomic E-state index is 13.7. The first-order valence-electron chi connectivity index (χ1n) is 12.5. The van der Waals surface area contributed by atoms with Gasteiger partial charge < -0.3 is 24.6 Å². The molecule has 1 saturated heterocycles. The highest BCUT2D eigenvalue weighted by Crippen LogP contribution is 2.33. The molecular formula is C27H32N4O6S. The summed E-state index contributed by atoms with van der Waals surface area (Å²) in [4.78, 5) is 44.4. The fourth-order valence-corrected chi connectivity index (χ4v) is 5.53. The Bertz CT molecular complexity index is 1270. The van der Waals surface area contributed by atoms with Gasteiger partial charge in [-0.2, -0.15) is 0 Å². The number of β-amino-alcohol motifs (C(OH)–C–C–N with tert-alkyl or cyclic N) is 1. The molecule has 0 aliphatic carbocycles. The largest absolute Gasteiger partial charge is 0.468 e. The van der Waals surface area contributed by atoms with Crippen LogP contribution >= 0.6 is 11.3 Å². The summed E-state index contributed by atoms with van der Waals surface area (Å²) in [6.07, 6.45) is -0.0878. The molecule has 202 valence electrons. The molecule has 38 heavy (non-hydrogen) atoms. The lowest BCUT2D eigenvalue weighted by Crippen LogP contribution is -2.48. The quantitative estimate of drug-likeness (QED) is 0.374. The zero-order chi connectivity index (χ0) is 27.4. The van der Waals surface area contributed by atoms with Crippen LogP contribution in [0.15, 0.2) is 40.4 Å². The molecule has 3 heterocycles. The Morgan fingerprint density at radius 1 is 1.29 bits per heavy atom. The highest BCUT2D eigenvalue weighted by molar-refractivity contribution is 7.13. The molecule has 3 aromatic rings. The van der Waals surface area contributed by atoms with Gasteiger partial charge in [0.05, 0.1) is 28.2 Å². The van der Waals surface area contributed by atoms with E-state index in [9.17, 15) is 19.5 Å². The van der Waals surface area contributed by atoms with Crippen molar-refractivity contribution in [1.29, 1.82) is 0 Å². The summed E-state index contributed by atoms with van der Waals surface area (Å²) in [5.74, 6) is -1.22. The number of rotatable bonds is 10. The lowest BCUT2D eigenvalue weighted by Gasteiger charge is -2.29. The molecule has 11 heteroatoms. The first-order valence-corrected chi connectivity index (χ1v) is 13.4. The van der Waals surface area contributed by atoms with Crippen LogP contribution in [0, 0.1) is 12.8 Å². The van der Waals surface area contributed by atoms with Crippen LogP contribution in [-0.4, -0.2) is 63.5 Å². The molecule has 4 atom stereocenters. The molecule has 2 N–H and O–H groups in total. The number of thiazole rings is 1. The van der Waals surface area contributed by atoms with E-state index in [2.05, 4.69) is 15.5 Å². The molecule has 0 radical (unpaired) electrons. The van der Waals surface area contributed by atoms with Gasteiger partial charge in [0.15, 0.2) is 12.0 Å². The molecule has 1 aromatic carbocycles. The Hall–Kier alpha value is -3.57. The topological polar surface area (TPSA) is 135 Å². The molecule has 2 aromatic heterocycles. The third kappa shape index (κ3) is 5.94. The number of aryl methyl sites for hydroxylation is 1. The van der Waals surface area contributed by atoms with Crippen molar-refractivity contribution in [1.82, 2.24) is 20.4 Å². The molecule has 0 bridgehead atoms. The molecule has 10 nitrogen and oxygen atoms in total. The number of aromatic nitrogens is 2. The Morgan fingerprint density at radius 3 is 2.66 bits per heavy atom. The first-order chi connectivity index (χ1) is 18.2. The van der Waals surface area contributed by atoms with Crippen molar-refractivity contribution in [3.8, 4) is 16.3 Å². The molecule has 0 saturated carbocycles. The average Bonchev–Trinajstić information content (AvgIpc) is 3.62. The van der Waals surface area contributed by atoms with Gasteiger partial charge >= 0.3 is 0 Å². The number of benzene rings is 1. The van der Waals surface area contributed by atoms with Gasteiger partial charge in [0.1, 0.15) is 18.6 Å². The minimum absolute atomic E-state index is 0.0417. The Kier molecular flexibility index (Phi) is 8.58. The molecule has 1 aliphatic heterocycles. The van der Waals surface area contributed by atoms with Crippen molar-refractivity contribution in [2.75, 3.05) is 13.2 Å². The Balaban J connectivity index is 1.46. The van der Waals surface area contributed by atoms with E-state index < -0.39 is 18.1 Å². The van der Waals surface area contributed by atoms with Gasteiger partial charge in [0.25, 0.3) is 5.88 Å². The van der Waals surface area contributed by atoms with Gasteiger partial charge in [-0.15, -0.1) is 11.3 Å². The fourth-order valence-electron chi connectivity index (χ4n) is 4.72. The lowest BCUT2D eigenvalue weighted by molar-refractivity contribution is -0.141. The SMILES string of the molecule is Cc1ncsc1-c1ccc(C(C)NC(=O)[C@@H]2C[C@@H](O)CN2C(=O)C(c2cc(OCC=O)no2)C(C)C)cc1. The lowest BCUT2D eigenvalue weighted by atomic mass is 9.91. The monoisotopic (exact) mass is 540 g/mol. The van der Waals surface area contributed by atoms with Crippen molar-refractivity contribution in [2.45, 2.75) is 58.2 Å². The van der Waals surface area contributed by atoms with Crippen LogP contribution in [0.5, 0.6) is 5.88 Å². The Morgan fingerprint density at radius 2 is 2.03 bits per heavy atom. The normalized spacial score (nSPS) is 18.8. The van der Waals surface area contributed by atoms with E-state index in [0.717, 1.165) is 21.7 Å². The molecule has 2 amide bonds. The van der Waals surface area contributed by atoms with Crippen LogP contribution in [0.25, 0.3) is 10.4 Å². The van der Waals surface area contributed by atoms with Crippen molar-refractivity contribution >= 4 is 29.4 Å². The number of carbonyl (C=O) groups excluding carboxylic acids is 3. The van der Waals surface area contributed by atoms with E-state index in [1.54, 1.807) is 11.3 Å². The van der Waals surface area contributed by atoms with Crippen molar-refractivity contribution in [3.05, 3.63) is 52.9 Å². The van der Waals surface area contributed by atoms with Crippen molar-refractivity contribution in [3.63, 3.8) is 0 Å². The first kappa shape index (κ1) is 27.5. The predicted octanol–water partition coefficient (Wildman–Crippen LogP) is 3.26. The number of aldehydes is 1. The van der Waals surface area contributed by atoms with Gasteiger partial charge in [-0.25, -0.2) is 4.98 Å². The Labute approximate surface area is 225 Å². The molecule has 1 aliphatic rings. The fraction of sp³-hybridized carbons (Fsp3) is 0.444. The van der Waals surface area contributed by atoms with Crippen molar-refractivity contribution in [2.24, 2.45) is 5.92 Å². The minimum Gasteiger partial charge on any atom is -0.468 e. The van der Waals surface area contributed by atoms with Crippen LogP contribution in [0.3, 0.4) is 0 Å². The van der Waals surface area contributed by atoms with E-state index in [4.69, 9.17) is 9.26 Å². The molecule has 4 rings (SSSR count). The van der Waals surface area contributed by atoms with Gasteiger partial charge in [0, 0.05) is 19.0 Å². The highest BCUT2D eigenvalue weighted by atomic mass is 32.1. The third-order valence-electron chi connectivity index (χ3n) is 6.69. The van der Waals surface area contributed by atoms with Crippen LogP contribution in [0.4, 0.5) is 0 Å². The number of nitrogens with zero attached hydrogens (tertiary/aromatic N) is 3. The number of hydrogen-bond donors (Lipinski definition) is 2. The smallest absolute Gasteiger partial charge is 0.254 e. The van der Waals surface area contributed by atoms with Gasteiger partial charge in [-0.3, -0.25) is 14.4 Å². The minimum atomic E-state index is -0.825. The van der Waals surface area contributed by atoms with Gasteiger partial charge in [-0.1, -0.05) is 38.1 Å². The zero-order valence-corrected chi connectivity index (χ0v) is 22.6. The zero-order valence-electron chi connectivity index (χ0n) is 21.8.